The van der Waals surface area contributed by atoms with E-state index in [-0.39, 0.29) is 6.42 Å². The minimum Gasteiger partial charge on any atom is -0.480 e. The summed E-state index contributed by atoms with van der Waals surface area (Å²) < 4.78 is 25.7. The number of benzene rings is 1. The fourth-order valence-electron chi connectivity index (χ4n) is 1.50. The lowest BCUT2D eigenvalue weighted by Gasteiger charge is -2.11. The van der Waals surface area contributed by atoms with Crippen LogP contribution in [0.1, 0.15) is 25.3 Å². The maximum atomic E-state index is 11.8. The summed E-state index contributed by atoms with van der Waals surface area (Å²) in [5.41, 5.74) is 0.655. The molecule has 20 heavy (non-hydrogen) atoms. The van der Waals surface area contributed by atoms with E-state index in [1.807, 2.05) is 0 Å². The van der Waals surface area contributed by atoms with Crippen LogP contribution < -0.4 is 4.72 Å². The molecule has 5 nitrogen and oxygen atoms in total. The van der Waals surface area contributed by atoms with Crippen molar-refractivity contribution in [3.63, 3.8) is 0 Å². The van der Waals surface area contributed by atoms with Crippen LogP contribution in [0.2, 0.25) is 5.02 Å². The molecule has 0 aromatic heterocycles. The van der Waals surface area contributed by atoms with Crippen molar-refractivity contribution in [3.8, 4) is 0 Å². The third-order valence-electron chi connectivity index (χ3n) is 2.49. The average molecular weight is 318 g/mol. The second kappa shape index (κ2) is 7.42. The van der Waals surface area contributed by atoms with E-state index in [0.29, 0.717) is 17.0 Å². The molecule has 1 atom stereocenters. The third-order valence-corrected chi connectivity index (χ3v) is 3.85. The van der Waals surface area contributed by atoms with Crippen LogP contribution in [0.3, 0.4) is 0 Å². The molecule has 0 radical (unpaired) electrons. The molecule has 1 aromatic rings. The minimum atomic E-state index is -3.80. The highest BCUT2D eigenvalue weighted by Gasteiger charge is 2.21. The van der Waals surface area contributed by atoms with Gasteiger partial charge in [0.1, 0.15) is 6.04 Å². The van der Waals surface area contributed by atoms with Gasteiger partial charge >= 0.3 is 5.97 Å². The number of hydrogen-bond donors (Lipinski definition) is 2. The lowest BCUT2D eigenvalue weighted by atomic mass is 10.2. The first kappa shape index (κ1) is 16.7. The molecule has 0 fully saturated rings. The van der Waals surface area contributed by atoms with Gasteiger partial charge in [-0.15, -0.1) is 0 Å². The number of hydrogen-bond acceptors (Lipinski definition) is 3. The van der Waals surface area contributed by atoms with Gasteiger partial charge in [-0.1, -0.05) is 37.1 Å². The molecule has 7 heteroatoms. The van der Waals surface area contributed by atoms with Crippen molar-refractivity contribution in [1.29, 1.82) is 0 Å². The number of carbonyl (C=O) groups is 1. The first-order valence-electron chi connectivity index (χ1n) is 6.03. The van der Waals surface area contributed by atoms with Crippen molar-refractivity contribution in [2.45, 2.75) is 25.8 Å². The van der Waals surface area contributed by atoms with E-state index < -0.39 is 22.0 Å². The standard InChI is InChI=1S/C13H16ClNO4S/c1-2-3-12(13(16)17)15-20(18,19)9-8-10-4-6-11(14)7-5-10/h4-9,12,15H,2-3H2,1H3,(H,16,17)/b9-8+/t12-/m1/s1. The number of halogens is 1. The van der Waals surface area contributed by atoms with Gasteiger partial charge in [0.25, 0.3) is 0 Å². The Morgan fingerprint density at radius 2 is 2.00 bits per heavy atom. The number of nitrogens with one attached hydrogen (secondary N) is 1. The van der Waals surface area contributed by atoms with Crippen molar-refractivity contribution < 1.29 is 18.3 Å². The van der Waals surface area contributed by atoms with Gasteiger partial charge in [0.15, 0.2) is 0 Å². The Bertz CT molecular complexity index is 581. The summed E-state index contributed by atoms with van der Waals surface area (Å²) >= 11 is 5.72. The van der Waals surface area contributed by atoms with Crippen molar-refractivity contribution in [3.05, 3.63) is 40.3 Å². The molecule has 0 saturated carbocycles. The quantitative estimate of drug-likeness (QED) is 0.809. The number of sulfonamides is 1. The zero-order valence-electron chi connectivity index (χ0n) is 10.9. The molecule has 2 N–H and O–H groups in total. The normalized spacial score (nSPS) is 13.5. The Hall–Kier alpha value is -1.37. The molecule has 0 heterocycles. The van der Waals surface area contributed by atoms with Gasteiger partial charge in [-0.2, -0.15) is 4.72 Å². The maximum Gasteiger partial charge on any atom is 0.321 e. The number of aliphatic carboxylic acids is 1. The molecule has 0 aliphatic rings. The summed E-state index contributed by atoms with van der Waals surface area (Å²) in [5, 5.41) is 10.4. The largest absolute Gasteiger partial charge is 0.480 e. The SMILES string of the molecule is CCC[C@@H](NS(=O)(=O)/C=C/c1ccc(Cl)cc1)C(=O)O. The van der Waals surface area contributed by atoms with Gasteiger partial charge < -0.3 is 5.11 Å². The second-order valence-electron chi connectivity index (χ2n) is 4.20. The zero-order valence-corrected chi connectivity index (χ0v) is 12.5. The first-order chi connectivity index (χ1) is 9.34. The second-order valence-corrected chi connectivity index (χ2v) is 6.23. The van der Waals surface area contributed by atoms with Crippen LogP contribution >= 0.6 is 11.6 Å². The van der Waals surface area contributed by atoms with Crippen LogP contribution in [0.15, 0.2) is 29.7 Å². The van der Waals surface area contributed by atoms with Crippen LogP contribution in [0, 0.1) is 0 Å². The molecule has 0 unspecified atom stereocenters. The first-order valence-corrected chi connectivity index (χ1v) is 7.95. The maximum absolute atomic E-state index is 11.8. The monoisotopic (exact) mass is 317 g/mol. The summed E-state index contributed by atoms with van der Waals surface area (Å²) in [4.78, 5) is 10.9. The number of carboxylic acids is 1. The van der Waals surface area contributed by atoms with Crippen LogP contribution in [0.5, 0.6) is 0 Å². The summed E-state index contributed by atoms with van der Waals surface area (Å²) in [6.45, 7) is 1.79. The van der Waals surface area contributed by atoms with E-state index in [1.54, 1.807) is 31.2 Å². The molecule has 1 rings (SSSR count). The summed E-state index contributed by atoms with van der Waals surface area (Å²) in [7, 11) is -3.80. The predicted molar refractivity (Wildman–Crippen MR) is 78.9 cm³/mol. The molecule has 0 amide bonds. The molecule has 1 aromatic carbocycles. The van der Waals surface area contributed by atoms with Crippen molar-refractivity contribution in [2.24, 2.45) is 0 Å². The molecule has 110 valence electrons. The van der Waals surface area contributed by atoms with Crippen LogP contribution in [-0.4, -0.2) is 25.5 Å². The predicted octanol–water partition coefficient (Wildman–Crippen LogP) is 2.48. The van der Waals surface area contributed by atoms with Crippen LogP contribution in [0.25, 0.3) is 6.08 Å². The topological polar surface area (TPSA) is 83.5 Å². The summed E-state index contributed by atoms with van der Waals surface area (Å²) in [6.07, 6.45) is 2.19. The molecular weight excluding hydrogens is 302 g/mol. The van der Waals surface area contributed by atoms with E-state index in [4.69, 9.17) is 16.7 Å². The molecule has 0 saturated heterocycles. The highest BCUT2D eigenvalue weighted by Crippen LogP contribution is 2.11. The van der Waals surface area contributed by atoms with Gasteiger partial charge in [0.2, 0.25) is 10.0 Å². The van der Waals surface area contributed by atoms with E-state index in [9.17, 15) is 13.2 Å². The van der Waals surface area contributed by atoms with E-state index in [2.05, 4.69) is 4.72 Å². The van der Waals surface area contributed by atoms with Gasteiger partial charge in [-0.05, 0) is 30.2 Å². The summed E-state index contributed by atoms with van der Waals surface area (Å²) in [6, 6.07) is 5.49. The third kappa shape index (κ3) is 5.73. The molecule has 0 bridgehead atoms. The Labute approximate surface area is 123 Å². The van der Waals surface area contributed by atoms with E-state index >= 15 is 0 Å². The van der Waals surface area contributed by atoms with Gasteiger partial charge in [-0.25, -0.2) is 8.42 Å². The summed E-state index contributed by atoms with van der Waals surface area (Å²) in [5.74, 6) is -1.18. The Kier molecular flexibility index (Phi) is 6.19. The van der Waals surface area contributed by atoms with Gasteiger partial charge in [0.05, 0.1) is 0 Å². The fourth-order valence-corrected chi connectivity index (χ4v) is 2.66. The molecule has 0 spiro atoms. The molecule has 0 aliphatic heterocycles. The zero-order chi connectivity index (χ0) is 15.2. The smallest absolute Gasteiger partial charge is 0.321 e. The van der Waals surface area contributed by atoms with E-state index in [1.165, 1.54) is 6.08 Å². The van der Waals surface area contributed by atoms with Crippen LogP contribution in [0.4, 0.5) is 0 Å². The average Bonchev–Trinajstić information content (AvgIpc) is 2.37. The molecular formula is C13H16ClNO4S. The minimum absolute atomic E-state index is 0.239. The van der Waals surface area contributed by atoms with Crippen molar-refractivity contribution >= 4 is 33.7 Å². The van der Waals surface area contributed by atoms with Crippen molar-refractivity contribution in [2.75, 3.05) is 0 Å². The van der Waals surface area contributed by atoms with Gasteiger partial charge in [-0.3, -0.25) is 4.79 Å². The van der Waals surface area contributed by atoms with E-state index in [0.717, 1.165) is 5.41 Å². The highest BCUT2D eigenvalue weighted by atomic mass is 35.5. The molecule has 0 aliphatic carbocycles. The Morgan fingerprint density at radius 3 is 2.50 bits per heavy atom. The highest BCUT2D eigenvalue weighted by molar-refractivity contribution is 7.92. The van der Waals surface area contributed by atoms with Gasteiger partial charge in [0, 0.05) is 10.4 Å². The van der Waals surface area contributed by atoms with Crippen molar-refractivity contribution in [1.82, 2.24) is 4.72 Å². The Morgan fingerprint density at radius 1 is 1.40 bits per heavy atom. The fraction of sp³-hybridized carbons (Fsp3) is 0.308. The Balaban J connectivity index is 2.78. The van der Waals surface area contributed by atoms with Crippen LogP contribution in [-0.2, 0) is 14.8 Å². The number of rotatable bonds is 7. The number of carboxylic acid groups (broad SMARTS) is 1. The lowest BCUT2D eigenvalue weighted by Crippen LogP contribution is -2.39. The lowest BCUT2D eigenvalue weighted by molar-refractivity contribution is -0.139.